The van der Waals surface area contributed by atoms with Crippen LogP contribution < -0.4 is 37.6 Å². The summed E-state index contributed by atoms with van der Waals surface area (Å²) in [6, 6.07) is 47.8. The van der Waals surface area contributed by atoms with Gasteiger partial charge in [0.05, 0.1) is 6.16 Å². The van der Waals surface area contributed by atoms with Crippen LogP contribution in [0.3, 0.4) is 0 Å². The molecule has 0 heterocycles. The third-order valence-electron chi connectivity index (χ3n) is 8.50. The highest BCUT2D eigenvalue weighted by Crippen LogP contribution is 2.56. The van der Waals surface area contributed by atoms with Crippen molar-refractivity contribution in [3.63, 3.8) is 0 Å². The van der Waals surface area contributed by atoms with E-state index in [2.05, 4.69) is 142 Å². The molecule has 0 N–H and O–H groups in total. The summed E-state index contributed by atoms with van der Waals surface area (Å²) >= 11 is 0. The van der Waals surface area contributed by atoms with E-state index in [9.17, 15) is 4.79 Å². The summed E-state index contributed by atoms with van der Waals surface area (Å²) in [6.45, 7) is 6.40. The number of halogens is 1. The van der Waals surface area contributed by atoms with Gasteiger partial charge in [-0.3, -0.25) is 4.79 Å². The van der Waals surface area contributed by atoms with Crippen molar-refractivity contribution in [1.82, 2.24) is 0 Å². The molecule has 0 saturated carbocycles. The summed E-state index contributed by atoms with van der Waals surface area (Å²) in [7, 11) is -1.80. The van der Waals surface area contributed by atoms with Gasteiger partial charge in [0, 0.05) is 6.42 Å². The van der Waals surface area contributed by atoms with Crippen molar-refractivity contribution < 1.29 is 26.5 Å². The SMILES string of the molecule is Cc1cc(OC(=O)CCCCCC[P+](c2ccccc2)(c2ccccc2)c2ccccc2)c(C(C)C)cc1-c1ccccc1.[Br-]. The maximum atomic E-state index is 13.0. The van der Waals surface area contributed by atoms with Crippen LogP contribution in [-0.4, -0.2) is 12.1 Å². The average Bonchev–Trinajstić information content (AvgIpc) is 3.06. The van der Waals surface area contributed by atoms with Gasteiger partial charge >= 0.3 is 5.97 Å². The molecule has 0 unspecified atom stereocenters. The van der Waals surface area contributed by atoms with E-state index in [1.165, 1.54) is 27.0 Å². The highest BCUT2D eigenvalue weighted by Gasteiger charge is 2.44. The third-order valence-corrected chi connectivity index (χ3v) is 13.0. The summed E-state index contributed by atoms with van der Waals surface area (Å²) in [5.74, 6) is 0.812. The zero-order valence-corrected chi connectivity index (χ0v) is 29.1. The van der Waals surface area contributed by atoms with Crippen molar-refractivity contribution in [2.24, 2.45) is 0 Å². The fourth-order valence-electron chi connectivity index (χ4n) is 6.19. The van der Waals surface area contributed by atoms with E-state index < -0.39 is 7.26 Å². The van der Waals surface area contributed by atoms with Crippen LogP contribution in [0.15, 0.2) is 133 Å². The molecule has 0 atom stereocenters. The highest BCUT2D eigenvalue weighted by atomic mass is 79.9. The fraction of sp³-hybridized carbons (Fsp3) is 0.244. The molecule has 0 saturated heterocycles. The molecule has 4 heteroatoms. The number of unbranched alkanes of at least 4 members (excludes halogenated alkanes) is 3. The number of esters is 1. The second-order valence-electron chi connectivity index (χ2n) is 11.9. The first-order valence-corrected chi connectivity index (χ1v) is 17.9. The number of rotatable bonds is 13. The first-order valence-electron chi connectivity index (χ1n) is 15.9. The molecule has 0 aliphatic heterocycles. The maximum absolute atomic E-state index is 13.0. The van der Waals surface area contributed by atoms with Crippen LogP contribution in [0, 0.1) is 6.92 Å². The van der Waals surface area contributed by atoms with Crippen molar-refractivity contribution in [2.45, 2.75) is 58.8 Å². The minimum absolute atomic E-state index is 0. The predicted octanol–water partition coefficient (Wildman–Crippen LogP) is 6.64. The monoisotopic (exact) mass is 678 g/mol. The lowest BCUT2D eigenvalue weighted by molar-refractivity contribution is -0.134. The van der Waals surface area contributed by atoms with Gasteiger partial charge in [-0.25, -0.2) is 0 Å². The minimum Gasteiger partial charge on any atom is -1.00 e. The van der Waals surface area contributed by atoms with Crippen molar-refractivity contribution in [3.05, 3.63) is 145 Å². The smallest absolute Gasteiger partial charge is 0.311 e. The molecule has 0 spiro atoms. The molecule has 5 rings (SSSR count). The van der Waals surface area contributed by atoms with E-state index in [1.54, 1.807) is 0 Å². The van der Waals surface area contributed by atoms with E-state index in [0.717, 1.165) is 43.0 Å². The van der Waals surface area contributed by atoms with Gasteiger partial charge in [0.25, 0.3) is 0 Å². The van der Waals surface area contributed by atoms with Gasteiger partial charge in [-0.15, -0.1) is 0 Å². The van der Waals surface area contributed by atoms with Gasteiger partial charge in [0.1, 0.15) is 28.9 Å². The lowest BCUT2D eigenvalue weighted by Gasteiger charge is -2.27. The molecule has 5 aromatic rings. The summed E-state index contributed by atoms with van der Waals surface area (Å²) in [6.07, 6.45) is 5.59. The van der Waals surface area contributed by atoms with Crippen molar-refractivity contribution in [1.29, 1.82) is 0 Å². The maximum Gasteiger partial charge on any atom is 0.311 e. The normalized spacial score (nSPS) is 11.2. The van der Waals surface area contributed by atoms with Gasteiger partial charge in [0.2, 0.25) is 0 Å². The molecule has 2 nitrogen and oxygen atoms in total. The van der Waals surface area contributed by atoms with Crippen LogP contribution in [0.25, 0.3) is 11.1 Å². The molecule has 232 valence electrons. The summed E-state index contributed by atoms with van der Waals surface area (Å²) in [4.78, 5) is 13.0. The van der Waals surface area contributed by atoms with Crippen LogP contribution in [0.1, 0.15) is 63.0 Å². The zero-order valence-electron chi connectivity index (χ0n) is 26.7. The Hall–Kier alpha value is -3.52. The number of aryl methyl sites for hydroxylation is 1. The molecule has 0 aliphatic rings. The van der Waals surface area contributed by atoms with Crippen LogP contribution in [-0.2, 0) is 4.79 Å². The quantitative estimate of drug-likeness (QED) is 0.0604. The molecular weight excluding hydrogens is 635 g/mol. The van der Waals surface area contributed by atoms with Crippen molar-refractivity contribution >= 4 is 29.1 Å². The van der Waals surface area contributed by atoms with E-state index in [-0.39, 0.29) is 28.9 Å². The summed E-state index contributed by atoms with van der Waals surface area (Å²) < 4.78 is 5.98. The van der Waals surface area contributed by atoms with Crippen LogP contribution >= 0.6 is 7.26 Å². The van der Waals surface area contributed by atoms with Crippen molar-refractivity contribution in [2.75, 3.05) is 6.16 Å². The number of hydrogen-bond acceptors (Lipinski definition) is 2. The standard InChI is InChI=1S/C41H44O2P.BrH/c1-32(2)38-31-39(34-20-10-6-11-21-34)33(3)30-40(38)43-41(42)28-18-4-5-19-29-44(35-22-12-7-13-23-35,36-24-14-8-15-25-36)37-26-16-9-17-27-37;/h6-17,20-27,30-32H,4-5,18-19,28-29H2,1-3H3;1H/q+1;/p-1. The van der Waals surface area contributed by atoms with E-state index in [1.807, 2.05) is 12.1 Å². The number of ether oxygens (including phenoxy) is 1. The Morgan fingerprint density at radius 1 is 0.644 bits per heavy atom. The van der Waals surface area contributed by atoms with Crippen LogP contribution in [0.4, 0.5) is 0 Å². The van der Waals surface area contributed by atoms with E-state index in [0.29, 0.717) is 12.2 Å². The Morgan fingerprint density at radius 2 is 1.11 bits per heavy atom. The van der Waals surface area contributed by atoms with E-state index >= 15 is 0 Å². The number of carbonyl (C=O) groups is 1. The molecular formula is C41H44BrO2P. The third kappa shape index (κ3) is 8.40. The average molecular weight is 680 g/mol. The summed E-state index contributed by atoms with van der Waals surface area (Å²) in [5, 5.41) is 4.28. The molecule has 5 aromatic carbocycles. The second kappa shape index (κ2) is 16.7. The molecule has 0 aliphatic carbocycles. The predicted molar refractivity (Wildman–Crippen MR) is 189 cm³/mol. The number of hydrogen-bond donors (Lipinski definition) is 0. The Balaban J connectivity index is 0.00000461. The molecule has 0 radical (unpaired) electrons. The molecule has 45 heavy (non-hydrogen) atoms. The molecule has 0 aromatic heterocycles. The number of benzene rings is 5. The first kappa shape index (κ1) is 34.4. The second-order valence-corrected chi connectivity index (χ2v) is 15.5. The molecule has 0 amide bonds. The van der Waals surface area contributed by atoms with Crippen LogP contribution in [0.2, 0.25) is 0 Å². The van der Waals surface area contributed by atoms with Gasteiger partial charge in [-0.05, 0) is 103 Å². The fourth-order valence-corrected chi connectivity index (χ4v) is 10.6. The molecule has 0 fully saturated rings. The lowest BCUT2D eigenvalue weighted by atomic mass is 9.93. The number of carbonyl (C=O) groups excluding carboxylic acids is 1. The van der Waals surface area contributed by atoms with Gasteiger partial charge < -0.3 is 21.7 Å². The lowest BCUT2D eigenvalue weighted by Crippen LogP contribution is -3.00. The Labute approximate surface area is 281 Å². The van der Waals surface area contributed by atoms with Crippen molar-refractivity contribution in [3.8, 4) is 16.9 Å². The zero-order chi connectivity index (χ0) is 30.8. The topological polar surface area (TPSA) is 26.3 Å². The van der Waals surface area contributed by atoms with Gasteiger partial charge in [0.15, 0.2) is 0 Å². The minimum atomic E-state index is -1.80. The largest absolute Gasteiger partial charge is 1.00 e. The Bertz CT molecular complexity index is 1520. The first-order chi connectivity index (χ1) is 21.5. The Kier molecular flexibility index (Phi) is 12.7. The highest BCUT2D eigenvalue weighted by molar-refractivity contribution is 7.95. The van der Waals surface area contributed by atoms with Crippen LogP contribution in [0.5, 0.6) is 5.75 Å². The Morgan fingerprint density at radius 3 is 1.60 bits per heavy atom. The molecule has 0 bridgehead atoms. The van der Waals surface area contributed by atoms with Gasteiger partial charge in [-0.1, -0.05) is 105 Å². The van der Waals surface area contributed by atoms with Gasteiger partial charge in [-0.2, -0.15) is 0 Å². The summed E-state index contributed by atoms with van der Waals surface area (Å²) in [5.41, 5.74) is 4.56. The van der Waals surface area contributed by atoms with E-state index in [4.69, 9.17) is 4.74 Å².